The van der Waals surface area contributed by atoms with Gasteiger partial charge in [0.25, 0.3) is 5.91 Å². The zero-order valence-electron chi connectivity index (χ0n) is 11.6. The number of carbonyl (C=O) groups is 1. The molecule has 0 spiro atoms. The molecule has 106 valence electrons. The van der Waals surface area contributed by atoms with Crippen molar-refractivity contribution in [1.29, 1.82) is 0 Å². The first-order valence-electron chi connectivity index (χ1n) is 6.72. The molecule has 0 radical (unpaired) electrons. The van der Waals surface area contributed by atoms with E-state index in [1.165, 1.54) is 0 Å². The summed E-state index contributed by atoms with van der Waals surface area (Å²) < 4.78 is 8.26. The smallest absolute Gasteiger partial charge is 0.268 e. The molecule has 1 saturated carbocycles. The lowest BCUT2D eigenvalue weighted by Gasteiger charge is -2.16. The minimum absolute atomic E-state index is 0.00107. The van der Waals surface area contributed by atoms with Gasteiger partial charge in [-0.05, 0) is 55.1 Å². The zero-order chi connectivity index (χ0) is 14.0. The monoisotopic (exact) mass is 328 g/mol. The Hall–Kier alpha value is -0.810. The maximum atomic E-state index is 12.3. The van der Waals surface area contributed by atoms with Gasteiger partial charge in [-0.3, -0.25) is 4.79 Å². The number of ether oxygens (including phenoxy) is 1. The lowest BCUT2D eigenvalue weighted by molar-refractivity contribution is 0.0905. The predicted octanol–water partition coefficient (Wildman–Crippen LogP) is 3.13. The summed E-state index contributed by atoms with van der Waals surface area (Å²) in [6.07, 6.45) is 5.16. The van der Waals surface area contributed by atoms with Crippen LogP contribution in [-0.4, -0.2) is 29.7 Å². The molecule has 1 aromatic rings. The second kappa shape index (κ2) is 6.09. The Morgan fingerprint density at radius 2 is 2.26 bits per heavy atom. The van der Waals surface area contributed by atoms with Crippen molar-refractivity contribution in [3.8, 4) is 0 Å². The van der Waals surface area contributed by atoms with Crippen LogP contribution in [0.5, 0.6) is 0 Å². The van der Waals surface area contributed by atoms with Crippen LogP contribution in [0, 0.1) is 0 Å². The lowest BCUT2D eigenvalue weighted by atomic mass is 10.2. The highest BCUT2D eigenvalue weighted by molar-refractivity contribution is 9.10. The molecule has 2 rings (SSSR count). The fourth-order valence-electron chi connectivity index (χ4n) is 2.60. The van der Waals surface area contributed by atoms with Crippen molar-refractivity contribution in [1.82, 2.24) is 9.88 Å². The van der Waals surface area contributed by atoms with Gasteiger partial charge in [0.15, 0.2) is 0 Å². The number of nitrogens with zero attached hydrogens (tertiary/aromatic N) is 1. The van der Waals surface area contributed by atoms with Crippen LogP contribution in [0.3, 0.4) is 0 Å². The molecule has 0 bridgehead atoms. The first kappa shape index (κ1) is 14.6. The van der Waals surface area contributed by atoms with E-state index in [0.29, 0.717) is 5.69 Å². The maximum absolute atomic E-state index is 12.3. The van der Waals surface area contributed by atoms with Gasteiger partial charge in [0.05, 0.1) is 6.10 Å². The number of carbonyl (C=O) groups excluding carboxylic acids is 1. The molecule has 4 nitrogen and oxygen atoms in total. The van der Waals surface area contributed by atoms with Crippen LogP contribution in [0.15, 0.2) is 16.7 Å². The van der Waals surface area contributed by atoms with Crippen LogP contribution in [0.25, 0.3) is 0 Å². The molecule has 1 heterocycles. The number of nitrogens with one attached hydrogen (secondary N) is 1. The summed E-state index contributed by atoms with van der Waals surface area (Å²) in [5, 5.41) is 3.11. The molecular weight excluding hydrogens is 308 g/mol. The summed E-state index contributed by atoms with van der Waals surface area (Å²) in [6, 6.07) is 2.37. The van der Waals surface area contributed by atoms with Crippen molar-refractivity contribution in [2.75, 3.05) is 7.11 Å². The van der Waals surface area contributed by atoms with E-state index in [-0.39, 0.29) is 24.1 Å². The Balaban J connectivity index is 2.04. The molecule has 5 heteroatoms. The number of halogens is 1. The quantitative estimate of drug-likeness (QED) is 0.922. The molecule has 2 unspecified atom stereocenters. The predicted molar refractivity (Wildman–Crippen MR) is 78.4 cm³/mol. The van der Waals surface area contributed by atoms with Crippen LogP contribution in [0.1, 0.15) is 49.6 Å². The molecule has 1 aromatic heterocycles. The normalized spacial score (nSPS) is 23.0. The summed E-state index contributed by atoms with van der Waals surface area (Å²) in [7, 11) is 1.73. The van der Waals surface area contributed by atoms with E-state index in [4.69, 9.17) is 4.74 Å². The van der Waals surface area contributed by atoms with Gasteiger partial charge in [0.1, 0.15) is 5.69 Å². The first-order chi connectivity index (χ1) is 9.01. The standard InChI is InChI=1S/C14H21BrN2O2/c1-9(2)17-8-10(15)6-13(17)14(18)16-11-4-5-12(7-11)19-3/h6,8-9,11-12H,4-5,7H2,1-3H3,(H,16,18). The second-order valence-corrected chi connectivity index (χ2v) is 6.30. The van der Waals surface area contributed by atoms with E-state index >= 15 is 0 Å². The largest absolute Gasteiger partial charge is 0.381 e. The fraction of sp³-hybridized carbons (Fsp3) is 0.643. The molecule has 1 aliphatic carbocycles. The van der Waals surface area contributed by atoms with E-state index in [1.54, 1.807) is 7.11 Å². The molecule has 1 aliphatic rings. The van der Waals surface area contributed by atoms with Gasteiger partial charge in [-0.25, -0.2) is 0 Å². The number of methoxy groups -OCH3 is 1. The maximum Gasteiger partial charge on any atom is 0.268 e. The molecule has 0 saturated heterocycles. The molecule has 1 N–H and O–H groups in total. The highest BCUT2D eigenvalue weighted by atomic mass is 79.9. The first-order valence-corrected chi connectivity index (χ1v) is 7.51. The summed E-state index contributed by atoms with van der Waals surface area (Å²) in [6.45, 7) is 4.14. The Morgan fingerprint density at radius 1 is 1.53 bits per heavy atom. The average Bonchev–Trinajstić information content (AvgIpc) is 2.95. The zero-order valence-corrected chi connectivity index (χ0v) is 13.2. The summed E-state index contributed by atoms with van der Waals surface area (Å²) >= 11 is 3.43. The molecular formula is C14H21BrN2O2. The van der Waals surface area contributed by atoms with E-state index in [1.807, 2.05) is 16.8 Å². The van der Waals surface area contributed by atoms with Gasteiger partial charge < -0.3 is 14.6 Å². The van der Waals surface area contributed by atoms with Gasteiger partial charge in [0.2, 0.25) is 0 Å². The lowest BCUT2D eigenvalue weighted by Crippen LogP contribution is -2.34. The van der Waals surface area contributed by atoms with Crippen molar-refractivity contribution in [2.45, 2.75) is 51.3 Å². The molecule has 19 heavy (non-hydrogen) atoms. The highest BCUT2D eigenvalue weighted by Crippen LogP contribution is 2.23. The number of hydrogen-bond acceptors (Lipinski definition) is 2. The minimum atomic E-state index is 0.00107. The molecule has 0 aliphatic heterocycles. The average molecular weight is 329 g/mol. The Bertz CT molecular complexity index is 456. The van der Waals surface area contributed by atoms with Gasteiger partial charge >= 0.3 is 0 Å². The Kier molecular flexibility index (Phi) is 4.68. The van der Waals surface area contributed by atoms with E-state index in [9.17, 15) is 4.79 Å². The van der Waals surface area contributed by atoms with Gasteiger partial charge in [-0.15, -0.1) is 0 Å². The summed E-state index contributed by atoms with van der Waals surface area (Å²) in [4.78, 5) is 12.3. The van der Waals surface area contributed by atoms with Crippen LogP contribution in [0.2, 0.25) is 0 Å². The second-order valence-electron chi connectivity index (χ2n) is 5.39. The van der Waals surface area contributed by atoms with Crippen LogP contribution in [0.4, 0.5) is 0 Å². The van der Waals surface area contributed by atoms with Crippen LogP contribution in [-0.2, 0) is 4.74 Å². The third-order valence-corrected chi connectivity index (χ3v) is 4.09. The fourth-order valence-corrected chi connectivity index (χ4v) is 3.04. The van der Waals surface area contributed by atoms with E-state index < -0.39 is 0 Å². The highest BCUT2D eigenvalue weighted by Gasteiger charge is 2.27. The number of amides is 1. The number of hydrogen-bond donors (Lipinski definition) is 1. The van der Waals surface area contributed by atoms with E-state index in [2.05, 4.69) is 35.1 Å². The van der Waals surface area contributed by atoms with Gasteiger partial charge in [0, 0.05) is 29.9 Å². The molecule has 0 aromatic carbocycles. The van der Waals surface area contributed by atoms with Gasteiger partial charge in [-0.2, -0.15) is 0 Å². The molecule has 1 amide bonds. The van der Waals surface area contributed by atoms with Crippen LogP contribution >= 0.6 is 15.9 Å². The van der Waals surface area contributed by atoms with Crippen molar-refractivity contribution in [2.24, 2.45) is 0 Å². The SMILES string of the molecule is COC1CCC(NC(=O)c2cc(Br)cn2C(C)C)C1. The Morgan fingerprint density at radius 3 is 2.84 bits per heavy atom. The minimum Gasteiger partial charge on any atom is -0.381 e. The van der Waals surface area contributed by atoms with Crippen LogP contribution < -0.4 is 5.32 Å². The van der Waals surface area contributed by atoms with Crippen molar-refractivity contribution < 1.29 is 9.53 Å². The van der Waals surface area contributed by atoms with E-state index in [0.717, 1.165) is 23.7 Å². The van der Waals surface area contributed by atoms with Crippen molar-refractivity contribution in [3.05, 3.63) is 22.4 Å². The third kappa shape index (κ3) is 3.39. The summed E-state index contributed by atoms with van der Waals surface area (Å²) in [5.74, 6) is 0.00107. The van der Waals surface area contributed by atoms with Crippen molar-refractivity contribution >= 4 is 21.8 Å². The van der Waals surface area contributed by atoms with Gasteiger partial charge in [-0.1, -0.05) is 0 Å². The summed E-state index contributed by atoms with van der Waals surface area (Å²) in [5.41, 5.74) is 0.711. The Labute approximate surface area is 122 Å². The third-order valence-electron chi connectivity index (χ3n) is 3.66. The molecule has 2 atom stereocenters. The molecule has 1 fully saturated rings. The van der Waals surface area contributed by atoms with Crippen molar-refractivity contribution in [3.63, 3.8) is 0 Å². The number of aromatic nitrogens is 1. The topological polar surface area (TPSA) is 43.3 Å². The number of rotatable bonds is 4.